The lowest BCUT2D eigenvalue weighted by Gasteiger charge is -2.21. The van der Waals surface area contributed by atoms with E-state index in [1.165, 1.54) is 5.56 Å². The normalized spacial score (nSPS) is 15.2. The minimum absolute atomic E-state index is 0.108. The van der Waals surface area contributed by atoms with Gasteiger partial charge in [-0.25, -0.2) is 4.98 Å². The van der Waals surface area contributed by atoms with E-state index in [4.69, 9.17) is 4.42 Å². The smallest absolute Gasteiger partial charge is 0.226 e. The lowest BCUT2D eigenvalue weighted by molar-refractivity contribution is -0.126. The third-order valence-corrected chi connectivity index (χ3v) is 4.88. The summed E-state index contributed by atoms with van der Waals surface area (Å²) in [6.45, 7) is 2.24. The maximum absolute atomic E-state index is 12.2. The Morgan fingerprint density at radius 1 is 1.15 bits per heavy atom. The Morgan fingerprint density at radius 2 is 1.96 bits per heavy atom. The number of aromatic nitrogens is 1. The number of furan rings is 1. The SMILES string of the molecule is O=C(NCc1cc2cc(Cc3ccccc3)cnc2o1)C1CCNCC1. The average molecular weight is 349 g/mol. The Bertz CT molecular complexity index is 883. The molecule has 2 aromatic heterocycles. The summed E-state index contributed by atoms with van der Waals surface area (Å²) < 4.78 is 5.77. The van der Waals surface area contributed by atoms with Gasteiger partial charge in [-0.2, -0.15) is 0 Å². The molecule has 0 unspecified atom stereocenters. The summed E-state index contributed by atoms with van der Waals surface area (Å²) in [5, 5.41) is 7.25. The maximum Gasteiger partial charge on any atom is 0.226 e. The van der Waals surface area contributed by atoms with Gasteiger partial charge in [0.15, 0.2) is 0 Å². The molecule has 1 saturated heterocycles. The Morgan fingerprint density at radius 3 is 2.77 bits per heavy atom. The van der Waals surface area contributed by atoms with Gasteiger partial charge in [-0.05, 0) is 55.6 Å². The van der Waals surface area contributed by atoms with Crippen molar-refractivity contribution in [3.63, 3.8) is 0 Å². The Kier molecular flexibility index (Phi) is 4.97. The van der Waals surface area contributed by atoms with E-state index in [9.17, 15) is 4.79 Å². The average Bonchev–Trinajstić information content (AvgIpc) is 3.10. The van der Waals surface area contributed by atoms with Crippen molar-refractivity contribution in [1.82, 2.24) is 15.6 Å². The number of carbonyl (C=O) groups is 1. The summed E-state index contributed by atoms with van der Waals surface area (Å²) in [5.74, 6) is 0.965. The highest BCUT2D eigenvalue weighted by Crippen LogP contribution is 2.20. The molecule has 0 atom stereocenters. The van der Waals surface area contributed by atoms with Crippen molar-refractivity contribution < 1.29 is 9.21 Å². The Labute approximate surface area is 152 Å². The lowest BCUT2D eigenvalue weighted by Crippen LogP contribution is -2.37. The number of benzene rings is 1. The molecule has 26 heavy (non-hydrogen) atoms. The van der Waals surface area contributed by atoms with Gasteiger partial charge < -0.3 is 15.1 Å². The number of pyridine rings is 1. The molecule has 5 heteroatoms. The molecule has 0 radical (unpaired) electrons. The first kappa shape index (κ1) is 16.8. The molecule has 0 saturated carbocycles. The molecule has 4 rings (SSSR count). The number of nitrogens with one attached hydrogen (secondary N) is 2. The minimum atomic E-state index is 0.108. The summed E-state index contributed by atoms with van der Waals surface area (Å²) in [6.07, 6.45) is 4.50. The summed E-state index contributed by atoms with van der Waals surface area (Å²) in [4.78, 5) is 16.7. The molecule has 134 valence electrons. The van der Waals surface area contributed by atoms with E-state index in [1.807, 2.05) is 30.5 Å². The van der Waals surface area contributed by atoms with Gasteiger partial charge in [0.2, 0.25) is 11.6 Å². The molecule has 3 aromatic rings. The van der Waals surface area contributed by atoms with E-state index in [-0.39, 0.29) is 11.8 Å². The third kappa shape index (κ3) is 3.94. The molecule has 1 aromatic carbocycles. The van der Waals surface area contributed by atoms with Crippen LogP contribution in [-0.4, -0.2) is 24.0 Å². The molecule has 1 aliphatic heterocycles. The van der Waals surface area contributed by atoms with E-state index in [0.717, 1.165) is 49.1 Å². The number of amides is 1. The van der Waals surface area contributed by atoms with Crippen LogP contribution in [0.2, 0.25) is 0 Å². The van der Waals surface area contributed by atoms with Gasteiger partial charge in [-0.1, -0.05) is 30.3 Å². The predicted molar refractivity (Wildman–Crippen MR) is 101 cm³/mol. The van der Waals surface area contributed by atoms with Crippen molar-refractivity contribution in [2.24, 2.45) is 5.92 Å². The van der Waals surface area contributed by atoms with Crippen LogP contribution in [-0.2, 0) is 17.8 Å². The van der Waals surface area contributed by atoms with Crippen LogP contribution in [0.1, 0.15) is 29.7 Å². The highest BCUT2D eigenvalue weighted by Gasteiger charge is 2.20. The second kappa shape index (κ2) is 7.70. The first-order valence-electron chi connectivity index (χ1n) is 9.17. The van der Waals surface area contributed by atoms with Crippen molar-refractivity contribution in [1.29, 1.82) is 0 Å². The summed E-state index contributed by atoms with van der Waals surface area (Å²) in [5.41, 5.74) is 3.02. The largest absolute Gasteiger partial charge is 0.441 e. The number of rotatable bonds is 5. The molecule has 0 aliphatic carbocycles. The molecule has 1 aliphatic rings. The molecule has 1 fully saturated rings. The monoisotopic (exact) mass is 349 g/mol. The first-order valence-corrected chi connectivity index (χ1v) is 9.17. The van der Waals surface area contributed by atoms with Gasteiger partial charge in [-0.15, -0.1) is 0 Å². The predicted octanol–water partition coefficient (Wildman–Crippen LogP) is 3.03. The number of piperidine rings is 1. The zero-order valence-corrected chi connectivity index (χ0v) is 14.7. The van der Waals surface area contributed by atoms with Crippen LogP contribution in [0.5, 0.6) is 0 Å². The summed E-state index contributed by atoms with van der Waals surface area (Å²) in [7, 11) is 0. The molecule has 3 heterocycles. The van der Waals surface area contributed by atoms with Gasteiger partial charge >= 0.3 is 0 Å². The second-order valence-corrected chi connectivity index (χ2v) is 6.86. The number of fused-ring (bicyclic) bond motifs is 1. The van der Waals surface area contributed by atoms with Crippen LogP contribution in [0.4, 0.5) is 0 Å². The number of carbonyl (C=O) groups excluding carboxylic acids is 1. The lowest BCUT2D eigenvalue weighted by atomic mass is 9.97. The van der Waals surface area contributed by atoms with Gasteiger partial charge in [-0.3, -0.25) is 4.79 Å². The highest BCUT2D eigenvalue weighted by atomic mass is 16.3. The molecular formula is C21H23N3O2. The van der Waals surface area contributed by atoms with Gasteiger partial charge in [0.05, 0.1) is 6.54 Å². The van der Waals surface area contributed by atoms with Crippen molar-refractivity contribution in [2.75, 3.05) is 13.1 Å². The fraction of sp³-hybridized carbons (Fsp3) is 0.333. The summed E-state index contributed by atoms with van der Waals surface area (Å²) in [6, 6.07) is 14.4. The molecule has 0 bridgehead atoms. The van der Waals surface area contributed by atoms with Crippen LogP contribution in [0.15, 0.2) is 53.1 Å². The zero-order chi connectivity index (χ0) is 17.8. The second-order valence-electron chi connectivity index (χ2n) is 6.86. The fourth-order valence-electron chi connectivity index (χ4n) is 3.45. The van der Waals surface area contributed by atoms with Crippen LogP contribution < -0.4 is 10.6 Å². The van der Waals surface area contributed by atoms with Crippen molar-refractivity contribution in [3.8, 4) is 0 Å². The van der Waals surface area contributed by atoms with E-state index < -0.39 is 0 Å². The molecule has 2 N–H and O–H groups in total. The van der Waals surface area contributed by atoms with E-state index in [1.54, 1.807) is 0 Å². The zero-order valence-electron chi connectivity index (χ0n) is 14.7. The van der Waals surface area contributed by atoms with Crippen LogP contribution in [0.3, 0.4) is 0 Å². The number of hydrogen-bond acceptors (Lipinski definition) is 4. The minimum Gasteiger partial charge on any atom is -0.441 e. The molecule has 1 amide bonds. The van der Waals surface area contributed by atoms with Crippen LogP contribution >= 0.6 is 0 Å². The quantitative estimate of drug-likeness (QED) is 0.743. The number of nitrogens with zero attached hydrogens (tertiary/aromatic N) is 1. The Balaban J connectivity index is 1.41. The maximum atomic E-state index is 12.2. The van der Waals surface area contributed by atoms with E-state index in [0.29, 0.717) is 12.3 Å². The third-order valence-electron chi connectivity index (χ3n) is 4.88. The van der Waals surface area contributed by atoms with E-state index >= 15 is 0 Å². The fourth-order valence-corrected chi connectivity index (χ4v) is 3.45. The van der Waals surface area contributed by atoms with Gasteiger partial charge in [0, 0.05) is 17.5 Å². The van der Waals surface area contributed by atoms with Crippen molar-refractivity contribution in [3.05, 3.63) is 65.5 Å². The van der Waals surface area contributed by atoms with Crippen LogP contribution in [0.25, 0.3) is 11.1 Å². The molecule has 0 spiro atoms. The van der Waals surface area contributed by atoms with Crippen molar-refractivity contribution >= 4 is 17.0 Å². The standard InChI is InChI=1S/C21H23N3O2/c25-20(17-6-8-22-9-7-17)23-14-19-12-18-11-16(13-24-21(18)26-19)10-15-4-2-1-3-5-15/h1-5,11-13,17,22H,6-10,14H2,(H,23,25). The van der Waals surface area contributed by atoms with Crippen molar-refractivity contribution in [2.45, 2.75) is 25.8 Å². The highest BCUT2D eigenvalue weighted by molar-refractivity contribution is 5.79. The van der Waals surface area contributed by atoms with Gasteiger partial charge in [0.1, 0.15) is 5.76 Å². The summed E-state index contributed by atoms with van der Waals surface area (Å²) >= 11 is 0. The number of hydrogen-bond donors (Lipinski definition) is 2. The van der Waals surface area contributed by atoms with Crippen LogP contribution in [0, 0.1) is 5.92 Å². The van der Waals surface area contributed by atoms with Gasteiger partial charge in [0.25, 0.3) is 0 Å². The topological polar surface area (TPSA) is 67.2 Å². The molecule has 5 nitrogen and oxygen atoms in total. The van der Waals surface area contributed by atoms with E-state index in [2.05, 4.69) is 33.8 Å². The Hall–Kier alpha value is -2.66. The molecular weight excluding hydrogens is 326 g/mol. The first-order chi connectivity index (χ1) is 12.8.